The molecule has 3 aromatic rings. The molecule has 2 heteroatoms. The molecule has 0 atom stereocenters. The van der Waals surface area contributed by atoms with Gasteiger partial charge in [0.1, 0.15) is 11.2 Å². The maximum absolute atomic E-state index is 5.89. The van der Waals surface area contributed by atoms with Crippen LogP contribution in [0.3, 0.4) is 0 Å². The van der Waals surface area contributed by atoms with E-state index in [0.29, 0.717) is 6.54 Å². The van der Waals surface area contributed by atoms with E-state index >= 15 is 0 Å². The van der Waals surface area contributed by atoms with Gasteiger partial charge in [-0.15, -0.1) is 0 Å². The van der Waals surface area contributed by atoms with Gasteiger partial charge in [0.2, 0.25) is 0 Å². The highest BCUT2D eigenvalue weighted by Gasteiger charge is 2.07. The van der Waals surface area contributed by atoms with Crippen molar-refractivity contribution in [3.8, 4) is 0 Å². The Bertz CT molecular complexity index is 694. The molecule has 0 aliphatic carbocycles. The zero-order valence-electron chi connectivity index (χ0n) is 9.39. The van der Waals surface area contributed by atoms with Crippen LogP contribution in [0.4, 0.5) is 0 Å². The summed E-state index contributed by atoms with van der Waals surface area (Å²) in [5, 5.41) is 2.31. The second kappa shape index (κ2) is 4.07. The smallest absolute Gasteiger partial charge is 0.142 e. The van der Waals surface area contributed by atoms with Gasteiger partial charge in [-0.3, -0.25) is 0 Å². The van der Waals surface area contributed by atoms with Crippen molar-refractivity contribution in [3.05, 3.63) is 54.1 Å². The van der Waals surface area contributed by atoms with E-state index in [-0.39, 0.29) is 0 Å². The summed E-state index contributed by atoms with van der Waals surface area (Å²) >= 11 is 0. The van der Waals surface area contributed by atoms with Crippen molar-refractivity contribution in [3.63, 3.8) is 0 Å². The van der Waals surface area contributed by atoms with Gasteiger partial charge in [-0.1, -0.05) is 48.6 Å². The number of rotatable bonds is 2. The molecule has 0 fully saturated rings. The second-order valence-electron chi connectivity index (χ2n) is 3.96. The summed E-state index contributed by atoms with van der Waals surface area (Å²) in [4.78, 5) is 0. The quantitative estimate of drug-likeness (QED) is 0.721. The minimum Gasteiger partial charge on any atom is -0.455 e. The fourth-order valence-electron chi connectivity index (χ4n) is 2.10. The highest BCUT2D eigenvalue weighted by atomic mass is 16.3. The average Bonchev–Trinajstić information content (AvgIpc) is 2.75. The number of para-hydroxylation sites is 2. The second-order valence-corrected chi connectivity index (χ2v) is 3.96. The van der Waals surface area contributed by atoms with Crippen molar-refractivity contribution in [1.29, 1.82) is 0 Å². The van der Waals surface area contributed by atoms with Crippen molar-refractivity contribution >= 4 is 28.0 Å². The predicted octanol–water partition coefficient (Wildman–Crippen LogP) is 3.56. The maximum Gasteiger partial charge on any atom is 0.142 e. The summed E-state index contributed by atoms with van der Waals surface area (Å²) in [6.45, 7) is 0.538. The molecule has 0 aliphatic rings. The lowest BCUT2D eigenvalue weighted by atomic mass is 10.1. The number of nitrogens with two attached hydrogens (primary N) is 1. The summed E-state index contributed by atoms with van der Waals surface area (Å²) in [6, 6.07) is 14.3. The van der Waals surface area contributed by atoms with Gasteiger partial charge in [-0.05, 0) is 6.07 Å². The van der Waals surface area contributed by atoms with Crippen LogP contribution in [0, 0.1) is 0 Å². The number of benzene rings is 2. The third-order valence-electron chi connectivity index (χ3n) is 2.87. The Hall–Kier alpha value is -2.06. The Labute approximate surface area is 99.3 Å². The Morgan fingerprint density at radius 1 is 1.00 bits per heavy atom. The van der Waals surface area contributed by atoms with Crippen LogP contribution in [-0.4, -0.2) is 6.54 Å². The van der Waals surface area contributed by atoms with Crippen molar-refractivity contribution < 1.29 is 4.42 Å². The monoisotopic (exact) mass is 223 g/mol. The molecular formula is C15H13NO. The molecule has 1 heterocycles. The van der Waals surface area contributed by atoms with Gasteiger partial charge in [-0.2, -0.15) is 0 Å². The van der Waals surface area contributed by atoms with Gasteiger partial charge in [0, 0.05) is 22.9 Å². The molecule has 0 spiro atoms. The lowest BCUT2D eigenvalue weighted by Crippen LogP contribution is -1.91. The number of hydrogen-bond acceptors (Lipinski definition) is 2. The first-order chi connectivity index (χ1) is 8.40. The first kappa shape index (κ1) is 10.1. The van der Waals surface area contributed by atoms with Crippen molar-refractivity contribution in [1.82, 2.24) is 0 Å². The van der Waals surface area contributed by atoms with Crippen LogP contribution >= 0.6 is 0 Å². The third kappa shape index (κ3) is 1.63. The van der Waals surface area contributed by atoms with Gasteiger partial charge >= 0.3 is 0 Å². The topological polar surface area (TPSA) is 39.2 Å². The van der Waals surface area contributed by atoms with E-state index in [4.69, 9.17) is 10.2 Å². The van der Waals surface area contributed by atoms with E-state index < -0.39 is 0 Å². The van der Waals surface area contributed by atoms with Crippen molar-refractivity contribution in [2.24, 2.45) is 5.73 Å². The third-order valence-corrected chi connectivity index (χ3v) is 2.87. The van der Waals surface area contributed by atoms with Crippen LogP contribution in [0.15, 0.2) is 53.0 Å². The normalized spacial score (nSPS) is 11.8. The molecular weight excluding hydrogens is 210 g/mol. The molecule has 3 rings (SSSR count). The zero-order chi connectivity index (χ0) is 11.7. The molecule has 2 N–H and O–H groups in total. The highest BCUT2D eigenvalue weighted by Crippen LogP contribution is 2.30. The standard InChI is InChI=1S/C15H13NO/c16-10-4-6-11-5-3-8-13-12-7-1-2-9-14(12)17-15(11)13/h1-9H,10,16H2. The molecule has 17 heavy (non-hydrogen) atoms. The van der Waals surface area contributed by atoms with Crippen LogP contribution in [0.1, 0.15) is 5.56 Å². The highest BCUT2D eigenvalue weighted by molar-refractivity contribution is 6.07. The molecule has 0 unspecified atom stereocenters. The van der Waals surface area contributed by atoms with Crippen molar-refractivity contribution in [2.45, 2.75) is 0 Å². The van der Waals surface area contributed by atoms with E-state index in [1.807, 2.05) is 42.5 Å². The van der Waals surface area contributed by atoms with Crippen LogP contribution < -0.4 is 5.73 Å². The van der Waals surface area contributed by atoms with Crippen LogP contribution in [0.2, 0.25) is 0 Å². The molecule has 0 aliphatic heterocycles. The maximum atomic E-state index is 5.89. The lowest BCUT2D eigenvalue weighted by molar-refractivity contribution is 0.668. The molecule has 0 saturated heterocycles. The van der Waals surface area contributed by atoms with E-state index in [2.05, 4.69) is 12.1 Å². The van der Waals surface area contributed by atoms with Crippen LogP contribution in [-0.2, 0) is 0 Å². The van der Waals surface area contributed by atoms with Gasteiger partial charge < -0.3 is 10.2 Å². The first-order valence-electron chi connectivity index (χ1n) is 5.67. The molecule has 0 amide bonds. The van der Waals surface area contributed by atoms with E-state index in [0.717, 1.165) is 27.5 Å². The number of hydrogen-bond donors (Lipinski definition) is 1. The first-order valence-corrected chi connectivity index (χ1v) is 5.67. The van der Waals surface area contributed by atoms with Gasteiger partial charge in [0.05, 0.1) is 0 Å². The molecule has 2 aromatic carbocycles. The molecule has 0 radical (unpaired) electrons. The van der Waals surface area contributed by atoms with Crippen molar-refractivity contribution in [2.75, 3.05) is 6.54 Å². The minimum atomic E-state index is 0.538. The van der Waals surface area contributed by atoms with E-state index in [1.54, 1.807) is 0 Å². The number of furan rings is 1. The van der Waals surface area contributed by atoms with E-state index in [9.17, 15) is 0 Å². The Morgan fingerprint density at radius 2 is 1.82 bits per heavy atom. The van der Waals surface area contributed by atoms with Crippen LogP contribution in [0.25, 0.3) is 28.0 Å². The van der Waals surface area contributed by atoms with E-state index in [1.165, 1.54) is 0 Å². The molecule has 1 aromatic heterocycles. The SMILES string of the molecule is NCC=Cc1cccc2c1oc1ccccc12. The zero-order valence-corrected chi connectivity index (χ0v) is 9.39. The van der Waals surface area contributed by atoms with Gasteiger partial charge in [0.15, 0.2) is 0 Å². The minimum absolute atomic E-state index is 0.538. The van der Waals surface area contributed by atoms with Gasteiger partial charge in [-0.25, -0.2) is 0 Å². The Kier molecular flexibility index (Phi) is 2.42. The summed E-state index contributed by atoms with van der Waals surface area (Å²) in [7, 11) is 0. The average molecular weight is 223 g/mol. The molecule has 0 bridgehead atoms. The molecule has 0 saturated carbocycles. The van der Waals surface area contributed by atoms with Crippen LogP contribution in [0.5, 0.6) is 0 Å². The molecule has 84 valence electrons. The summed E-state index contributed by atoms with van der Waals surface area (Å²) in [5.74, 6) is 0. The van der Waals surface area contributed by atoms with Gasteiger partial charge in [0.25, 0.3) is 0 Å². The Morgan fingerprint density at radius 3 is 2.71 bits per heavy atom. The summed E-state index contributed by atoms with van der Waals surface area (Å²) < 4.78 is 5.89. The fraction of sp³-hybridized carbons (Fsp3) is 0.0667. The fourth-order valence-corrected chi connectivity index (χ4v) is 2.10. The Balaban J connectivity index is 2.35. The lowest BCUT2D eigenvalue weighted by Gasteiger charge is -1.94. The predicted molar refractivity (Wildman–Crippen MR) is 71.8 cm³/mol. The molecule has 2 nitrogen and oxygen atoms in total. The summed E-state index contributed by atoms with van der Waals surface area (Å²) in [5.41, 5.74) is 8.41. The number of fused-ring (bicyclic) bond motifs is 3. The largest absolute Gasteiger partial charge is 0.455 e. The summed E-state index contributed by atoms with van der Waals surface area (Å²) in [6.07, 6.45) is 3.94.